The second kappa shape index (κ2) is 5.67. The number of hydrogen-bond donors (Lipinski definition) is 0. The van der Waals surface area contributed by atoms with Crippen LogP contribution in [0.15, 0.2) is 30.3 Å². The van der Waals surface area contributed by atoms with E-state index in [0.717, 1.165) is 42.5 Å². The number of nitrogens with zero attached hydrogens (tertiary/aromatic N) is 3. The topological polar surface area (TPSA) is 38.2 Å². The van der Waals surface area contributed by atoms with Crippen LogP contribution in [0.3, 0.4) is 0 Å². The average Bonchev–Trinajstić information content (AvgIpc) is 2.61. The fourth-order valence-corrected chi connectivity index (χ4v) is 2.65. The molecule has 1 aromatic carbocycles. The molecular formula is C15H16ClN3O. The first kappa shape index (κ1) is 13.2. The molecule has 5 heteroatoms. The summed E-state index contributed by atoms with van der Waals surface area (Å²) >= 11 is 6.01. The molecule has 0 N–H and O–H groups in total. The van der Waals surface area contributed by atoms with Gasteiger partial charge in [-0.15, -0.1) is 0 Å². The van der Waals surface area contributed by atoms with Gasteiger partial charge in [0.05, 0.1) is 18.8 Å². The normalized spacial score (nSPS) is 14.4. The molecule has 0 saturated carbocycles. The van der Waals surface area contributed by atoms with E-state index >= 15 is 0 Å². The first-order chi connectivity index (χ1) is 9.72. The number of rotatable bonds is 2. The predicted molar refractivity (Wildman–Crippen MR) is 79.4 cm³/mol. The van der Waals surface area contributed by atoms with Gasteiger partial charge in [-0.05, 0) is 31.5 Å². The summed E-state index contributed by atoms with van der Waals surface area (Å²) < 4.78 is 5.76. The standard InChI is InChI=1S/C15H16ClN3O/c1-11-9-14(16)18-15(17-11)10-19-7-4-8-20-13-6-3-2-5-12(13)19/h2-3,5-6,9H,4,7-8,10H2,1H3. The molecule has 0 amide bonds. The molecule has 1 aliphatic rings. The maximum Gasteiger partial charge on any atom is 0.149 e. The van der Waals surface area contributed by atoms with Gasteiger partial charge in [-0.3, -0.25) is 0 Å². The van der Waals surface area contributed by atoms with Crippen LogP contribution in [-0.4, -0.2) is 23.1 Å². The van der Waals surface area contributed by atoms with E-state index in [1.807, 2.05) is 25.1 Å². The summed E-state index contributed by atoms with van der Waals surface area (Å²) in [5.41, 5.74) is 1.98. The zero-order valence-corrected chi connectivity index (χ0v) is 12.1. The molecule has 1 aliphatic heterocycles. The number of anilines is 1. The van der Waals surface area contributed by atoms with Crippen LogP contribution >= 0.6 is 11.6 Å². The summed E-state index contributed by atoms with van der Waals surface area (Å²) in [5, 5.41) is 0.492. The summed E-state index contributed by atoms with van der Waals surface area (Å²) in [5.74, 6) is 1.66. The van der Waals surface area contributed by atoms with Crippen molar-refractivity contribution in [2.45, 2.75) is 19.9 Å². The fraction of sp³-hybridized carbons (Fsp3) is 0.333. The molecule has 20 heavy (non-hydrogen) atoms. The van der Waals surface area contributed by atoms with Gasteiger partial charge in [0, 0.05) is 12.2 Å². The zero-order valence-electron chi connectivity index (χ0n) is 11.3. The van der Waals surface area contributed by atoms with Crippen LogP contribution in [0, 0.1) is 6.92 Å². The van der Waals surface area contributed by atoms with Gasteiger partial charge in [0.25, 0.3) is 0 Å². The molecule has 0 atom stereocenters. The SMILES string of the molecule is Cc1cc(Cl)nc(CN2CCCOc3ccccc32)n1. The molecule has 0 bridgehead atoms. The number of para-hydroxylation sites is 2. The van der Waals surface area contributed by atoms with E-state index in [1.165, 1.54) is 0 Å². The summed E-state index contributed by atoms with van der Waals surface area (Å²) in [6.07, 6.45) is 0.980. The monoisotopic (exact) mass is 289 g/mol. The maximum absolute atomic E-state index is 6.01. The maximum atomic E-state index is 6.01. The number of halogens is 1. The smallest absolute Gasteiger partial charge is 0.149 e. The fourth-order valence-electron chi connectivity index (χ4n) is 2.39. The molecule has 3 rings (SSSR count). The van der Waals surface area contributed by atoms with Gasteiger partial charge in [0.1, 0.15) is 16.7 Å². The van der Waals surface area contributed by atoms with E-state index in [-0.39, 0.29) is 0 Å². The van der Waals surface area contributed by atoms with E-state index in [1.54, 1.807) is 6.07 Å². The van der Waals surface area contributed by atoms with Crippen LogP contribution < -0.4 is 9.64 Å². The molecule has 0 saturated heterocycles. The summed E-state index contributed by atoms with van der Waals surface area (Å²) in [7, 11) is 0. The van der Waals surface area contributed by atoms with Crippen LogP contribution in [0.4, 0.5) is 5.69 Å². The highest BCUT2D eigenvalue weighted by Gasteiger charge is 2.17. The first-order valence-corrected chi connectivity index (χ1v) is 7.07. The van der Waals surface area contributed by atoms with Crippen molar-refractivity contribution in [3.05, 3.63) is 47.0 Å². The third-order valence-electron chi connectivity index (χ3n) is 3.24. The van der Waals surface area contributed by atoms with Crippen molar-refractivity contribution >= 4 is 17.3 Å². The van der Waals surface area contributed by atoms with Gasteiger partial charge in [-0.2, -0.15) is 0 Å². The molecule has 104 valence electrons. The lowest BCUT2D eigenvalue weighted by atomic mass is 10.2. The van der Waals surface area contributed by atoms with E-state index in [2.05, 4.69) is 20.9 Å². The summed E-state index contributed by atoms with van der Waals surface area (Å²) in [6.45, 7) is 4.23. The number of aryl methyl sites for hydroxylation is 1. The van der Waals surface area contributed by atoms with Gasteiger partial charge in [0.15, 0.2) is 0 Å². The first-order valence-electron chi connectivity index (χ1n) is 6.69. The number of hydrogen-bond acceptors (Lipinski definition) is 4. The third kappa shape index (κ3) is 2.85. The Bertz CT molecular complexity index is 598. The van der Waals surface area contributed by atoms with Crippen LogP contribution in [0.1, 0.15) is 17.9 Å². The quantitative estimate of drug-likeness (QED) is 0.796. The highest BCUT2D eigenvalue weighted by atomic mass is 35.5. The van der Waals surface area contributed by atoms with E-state index in [0.29, 0.717) is 11.7 Å². The third-order valence-corrected chi connectivity index (χ3v) is 3.43. The van der Waals surface area contributed by atoms with Crippen molar-refractivity contribution in [2.75, 3.05) is 18.1 Å². The molecule has 4 nitrogen and oxygen atoms in total. The number of benzene rings is 1. The molecule has 0 spiro atoms. The van der Waals surface area contributed by atoms with Gasteiger partial charge in [0.2, 0.25) is 0 Å². The van der Waals surface area contributed by atoms with Crippen molar-refractivity contribution in [1.29, 1.82) is 0 Å². The van der Waals surface area contributed by atoms with Crippen molar-refractivity contribution < 1.29 is 4.74 Å². The van der Waals surface area contributed by atoms with Crippen molar-refractivity contribution in [2.24, 2.45) is 0 Å². The Kier molecular flexibility index (Phi) is 3.74. The predicted octanol–water partition coefficient (Wildman–Crippen LogP) is 3.23. The minimum absolute atomic E-state index is 0.492. The second-order valence-corrected chi connectivity index (χ2v) is 5.23. The van der Waals surface area contributed by atoms with Crippen molar-refractivity contribution in [1.82, 2.24) is 9.97 Å². The Hall–Kier alpha value is -1.81. The Morgan fingerprint density at radius 2 is 2.15 bits per heavy atom. The van der Waals surface area contributed by atoms with Gasteiger partial charge in [-0.1, -0.05) is 23.7 Å². The lowest BCUT2D eigenvalue weighted by Crippen LogP contribution is -2.24. The van der Waals surface area contributed by atoms with E-state index in [4.69, 9.17) is 16.3 Å². The molecule has 0 fully saturated rings. The Balaban J connectivity index is 1.90. The molecular weight excluding hydrogens is 274 g/mol. The summed E-state index contributed by atoms with van der Waals surface area (Å²) in [6, 6.07) is 9.84. The molecule has 2 aromatic rings. The summed E-state index contributed by atoms with van der Waals surface area (Å²) in [4.78, 5) is 11.0. The highest BCUT2D eigenvalue weighted by molar-refractivity contribution is 6.29. The van der Waals surface area contributed by atoms with Crippen molar-refractivity contribution in [3.63, 3.8) is 0 Å². The second-order valence-electron chi connectivity index (χ2n) is 4.84. The largest absolute Gasteiger partial charge is 0.491 e. The van der Waals surface area contributed by atoms with Gasteiger partial charge < -0.3 is 9.64 Å². The van der Waals surface area contributed by atoms with Gasteiger partial charge >= 0.3 is 0 Å². The van der Waals surface area contributed by atoms with Crippen LogP contribution in [-0.2, 0) is 6.54 Å². The minimum atomic E-state index is 0.492. The van der Waals surface area contributed by atoms with E-state index < -0.39 is 0 Å². The molecule has 2 heterocycles. The van der Waals surface area contributed by atoms with Gasteiger partial charge in [-0.25, -0.2) is 9.97 Å². The molecule has 0 unspecified atom stereocenters. The number of ether oxygens (including phenoxy) is 1. The average molecular weight is 290 g/mol. The van der Waals surface area contributed by atoms with Crippen LogP contribution in [0.5, 0.6) is 5.75 Å². The Morgan fingerprint density at radius 3 is 3.00 bits per heavy atom. The van der Waals surface area contributed by atoms with E-state index in [9.17, 15) is 0 Å². The van der Waals surface area contributed by atoms with Crippen LogP contribution in [0.25, 0.3) is 0 Å². The number of fused-ring (bicyclic) bond motifs is 1. The zero-order chi connectivity index (χ0) is 13.9. The Labute approximate surface area is 123 Å². The van der Waals surface area contributed by atoms with Crippen molar-refractivity contribution in [3.8, 4) is 5.75 Å². The Morgan fingerprint density at radius 1 is 1.30 bits per heavy atom. The highest BCUT2D eigenvalue weighted by Crippen LogP contribution is 2.31. The van der Waals surface area contributed by atoms with Crippen LogP contribution in [0.2, 0.25) is 5.15 Å². The molecule has 1 aromatic heterocycles. The lowest BCUT2D eigenvalue weighted by Gasteiger charge is -2.23. The number of aromatic nitrogens is 2. The molecule has 0 aliphatic carbocycles. The minimum Gasteiger partial charge on any atom is -0.491 e. The molecule has 0 radical (unpaired) electrons. The lowest BCUT2D eigenvalue weighted by molar-refractivity contribution is 0.322.